The van der Waals surface area contributed by atoms with Gasteiger partial charge in [-0.1, -0.05) is 46.3 Å². The second-order valence-electron chi connectivity index (χ2n) is 6.77. The number of hydrogen-bond acceptors (Lipinski definition) is 3. The minimum atomic E-state index is 0.606. The number of rotatable bonds is 7. The summed E-state index contributed by atoms with van der Waals surface area (Å²) >= 11 is 3.52. The number of hydrogen-bond donors (Lipinski definition) is 0. The highest BCUT2D eigenvalue weighted by molar-refractivity contribution is 9.10. The molecule has 0 unspecified atom stereocenters. The molecule has 0 aliphatic carbocycles. The highest BCUT2D eigenvalue weighted by Gasteiger charge is 2.13. The summed E-state index contributed by atoms with van der Waals surface area (Å²) in [6, 6.07) is 16.7. The third kappa shape index (κ3) is 5.84. The van der Waals surface area contributed by atoms with Crippen LogP contribution < -0.4 is 4.74 Å². The van der Waals surface area contributed by atoms with E-state index in [0.29, 0.717) is 6.61 Å². The fourth-order valence-corrected chi connectivity index (χ4v) is 3.65. The summed E-state index contributed by atoms with van der Waals surface area (Å²) in [5, 5.41) is 0. The first-order valence-electron chi connectivity index (χ1n) is 9.07. The van der Waals surface area contributed by atoms with Gasteiger partial charge in [-0.05, 0) is 55.8 Å². The van der Waals surface area contributed by atoms with Crippen LogP contribution in [0.4, 0.5) is 0 Å². The summed E-state index contributed by atoms with van der Waals surface area (Å²) in [4.78, 5) is 4.98. The van der Waals surface area contributed by atoms with Gasteiger partial charge in [0.1, 0.15) is 12.4 Å². The molecular formula is C21H27BrN2O. The lowest BCUT2D eigenvalue weighted by molar-refractivity contribution is 0.153. The average molecular weight is 403 g/mol. The van der Waals surface area contributed by atoms with Crippen molar-refractivity contribution in [3.8, 4) is 5.75 Å². The lowest BCUT2D eigenvalue weighted by Gasteiger charge is -2.32. The summed E-state index contributed by atoms with van der Waals surface area (Å²) in [6.45, 7) is 6.54. The zero-order valence-electron chi connectivity index (χ0n) is 15.0. The lowest BCUT2D eigenvalue weighted by Crippen LogP contribution is -2.44. The summed E-state index contributed by atoms with van der Waals surface area (Å²) in [7, 11) is 2.20. The molecule has 25 heavy (non-hydrogen) atoms. The molecular weight excluding hydrogens is 376 g/mol. The first kappa shape index (κ1) is 18.4. The molecule has 1 aliphatic rings. The van der Waals surface area contributed by atoms with Crippen LogP contribution in [0.5, 0.6) is 5.75 Å². The van der Waals surface area contributed by atoms with Crippen LogP contribution in [0, 0.1) is 0 Å². The monoisotopic (exact) mass is 402 g/mol. The highest BCUT2D eigenvalue weighted by Crippen LogP contribution is 2.22. The van der Waals surface area contributed by atoms with Gasteiger partial charge in [0.2, 0.25) is 0 Å². The Labute approximate surface area is 159 Å². The third-order valence-electron chi connectivity index (χ3n) is 4.77. The van der Waals surface area contributed by atoms with Gasteiger partial charge in [0.25, 0.3) is 0 Å². The third-order valence-corrected chi connectivity index (χ3v) is 5.27. The second-order valence-corrected chi connectivity index (χ2v) is 7.69. The molecule has 0 radical (unpaired) electrons. The van der Waals surface area contributed by atoms with Crippen LogP contribution >= 0.6 is 15.9 Å². The Hall–Kier alpha value is -1.36. The summed E-state index contributed by atoms with van der Waals surface area (Å²) in [6.07, 6.45) is 2.25. The minimum absolute atomic E-state index is 0.606. The van der Waals surface area contributed by atoms with E-state index in [2.05, 4.69) is 69.2 Å². The zero-order chi connectivity index (χ0) is 17.5. The molecule has 1 heterocycles. The smallest absolute Gasteiger partial charge is 0.122 e. The molecule has 0 N–H and O–H groups in total. The van der Waals surface area contributed by atoms with E-state index in [1.165, 1.54) is 50.3 Å². The molecule has 3 nitrogen and oxygen atoms in total. The number of piperazine rings is 1. The van der Waals surface area contributed by atoms with Crippen LogP contribution in [0.2, 0.25) is 0 Å². The summed E-state index contributed by atoms with van der Waals surface area (Å²) in [5.41, 5.74) is 2.49. The topological polar surface area (TPSA) is 15.7 Å². The van der Waals surface area contributed by atoms with Crippen LogP contribution in [0.25, 0.3) is 0 Å². The molecule has 0 amide bonds. The summed E-state index contributed by atoms with van der Waals surface area (Å²) < 4.78 is 7.19. The fraction of sp³-hybridized carbons (Fsp3) is 0.429. The van der Waals surface area contributed by atoms with Crippen molar-refractivity contribution in [2.24, 2.45) is 0 Å². The molecule has 2 aromatic carbocycles. The number of likely N-dealkylation sites (N-methyl/N-ethyl adjacent to an activating group) is 1. The lowest BCUT2D eigenvalue weighted by atomic mass is 10.1. The molecule has 1 fully saturated rings. The SMILES string of the molecule is CN1CCN(CCCc2ccccc2OCc2cccc(Br)c2)CC1. The quantitative estimate of drug-likeness (QED) is 0.689. The Kier molecular flexibility index (Phi) is 6.91. The zero-order valence-corrected chi connectivity index (χ0v) is 16.5. The van der Waals surface area contributed by atoms with Crippen molar-refractivity contribution < 1.29 is 4.74 Å². The largest absolute Gasteiger partial charge is 0.489 e. The van der Waals surface area contributed by atoms with Gasteiger partial charge >= 0.3 is 0 Å². The van der Waals surface area contributed by atoms with Crippen LogP contribution in [-0.4, -0.2) is 49.6 Å². The van der Waals surface area contributed by atoms with Crippen molar-refractivity contribution in [1.82, 2.24) is 9.80 Å². The normalized spacial score (nSPS) is 16.1. The van der Waals surface area contributed by atoms with Crippen molar-refractivity contribution in [3.63, 3.8) is 0 Å². The molecule has 134 valence electrons. The molecule has 0 bridgehead atoms. The molecule has 4 heteroatoms. The Balaban J connectivity index is 1.50. The van der Waals surface area contributed by atoms with Gasteiger partial charge in [-0.2, -0.15) is 0 Å². The summed E-state index contributed by atoms with van der Waals surface area (Å²) in [5.74, 6) is 1.01. The van der Waals surface area contributed by atoms with Gasteiger partial charge in [-0.15, -0.1) is 0 Å². The minimum Gasteiger partial charge on any atom is -0.489 e. The maximum absolute atomic E-state index is 6.09. The van der Waals surface area contributed by atoms with E-state index in [9.17, 15) is 0 Å². The predicted molar refractivity (Wildman–Crippen MR) is 107 cm³/mol. The Morgan fingerprint density at radius 2 is 1.80 bits per heavy atom. The van der Waals surface area contributed by atoms with Crippen molar-refractivity contribution in [2.45, 2.75) is 19.4 Å². The molecule has 3 rings (SSSR count). The van der Waals surface area contributed by atoms with Gasteiger partial charge in [0.05, 0.1) is 0 Å². The van der Waals surface area contributed by atoms with E-state index in [-0.39, 0.29) is 0 Å². The molecule has 0 aromatic heterocycles. The molecule has 0 saturated carbocycles. The Morgan fingerprint density at radius 1 is 1.00 bits per heavy atom. The van der Waals surface area contributed by atoms with Crippen LogP contribution in [0.3, 0.4) is 0 Å². The van der Waals surface area contributed by atoms with Gasteiger partial charge < -0.3 is 14.5 Å². The Bertz CT molecular complexity index is 668. The van der Waals surface area contributed by atoms with E-state index >= 15 is 0 Å². The molecule has 1 aliphatic heterocycles. The van der Waals surface area contributed by atoms with E-state index in [1.54, 1.807) is 0 Å². The van der Waals surface area contributed by atoms with Crippen molar-refractivity contribution in [1.29, 1.82) is 0 Å². The van der Waals surface area contributed by atoms with Gasteiger partial charge in [-0.25, -0.2) is 0 Å². The molecule has 0 spiro atoms. The highest BCUT2D eigenvalue weighted by atomic mass is 79.9. The maximum atomic E-state index is 6.09. The first-order valence-corrected chi connectivity index (χ1v) is 9.86. The number of halogens is 1. The molecule has 1 saturated heterocycles. The number of ether oxygens (including phenoxy) is 1. The number of aryl methyl sites for hydroxylation is 1. The number of benzene rings is 2. The second kappa shape index (κ2) is 9.37. The molecule has 2 aromatic rings. The maximum Gasteiger partial charge on any atom is 0.122 e. The van der Waals surface area contributed by atoms with Crippen molar-refractivity contribution >= 4 is 15.9 Å². The van der Waals surface area contributed by atoms with Crippen molar-refractivity contribution in [3.05, 3.63) is 64.1 Å². The van der Waals surface area contributed by atoms with Crippen molar-refractivity contribution in [2.75, 3.05) is 39.8 Å². The standard InChI is InChI=1S/C21H27BrN2O/c1-23-12-14-24(15-13-23)11-5-8-19-7-2-3-10-21(19)25-17-18-6-4-9-20(22)16-18/h2-4,6-7,9-10,16H,5,8,11-15,17H2,1H3. The van der Waals surface area contributed by atoms with Crippen LogP contribution in [0.1, 0.15) is 17.5 Å². The van der Waals surface area contributed by atoms with E-state index in [4.69, 9.17) is 4.74 Å². The average Bonchev–Trinajstić information content (AvgIpc) is 2.63. The van der Waals surface area contributed by atoms with Crippen LogP contribution in [0.15, 0.2) is 53.0 Å². The van der Waals surface area contributed by atoms with Gasteiger partial charge in [0, 0.05) is 30.7 Å². The van der Waals surface area contributed by atoms with E-state index < -0.39 is 0 Å². The number of nitrogens with zero attached hydrogens (tertiary/aromatic N) is 2. The van der Waals surface area contributed by atoms with Crippen LogP contribution in [-0.2, 0) is 13.0 Å². The van der Waals surface area contributed by atoms with Gasteiger partial charge in [0.15, 0.2) is 0 Å². The molecule has 0 atom stereocenters. The first-order chi connectivity index (χ1) is 12.2. The van der Waals surface area contributed by atoms with Gasteiger partial charge in [-0.3, -0.25) is 0 Å². The van der Waals surface area contributed by atoms with E-state index in [0.717, 1.165) is 16.6 Å². The number of para-hydroxylation sites is 1. The van der Waals surface area contributed by atoms with E-state index in [1.807, 2.05) is 12.1 Å². The fourth-order valence-electron chi connectivity index (χ4n) is 3.20. The predicted octanol–water partition coefficient (Wildman–Crippen LogP) is 4.21. The Morgan fingerprint density at radius 3 is 2.60 bits per heavy atom.